The van der Waals surface area contributed by atoms with Crippen LogP contribution in [0.5, 0.6) is 0 Å². The van der Waals surface area contributed by atoms with E-state index < -0.39 is 17.8 Å². The molecule has 31 heavy (non-hydrogen) atoms. The fourth-order valence-corrected chi connectivity index (χ4v) is 3.63. The molecule has 1 N–H and O–H groups in total. The Bertz CT molecular complexity index is 915. The van der Waals surface area contributed by atoms with Gasteiger partial charge in [-0.25, -0.2) is 4.79 Å². The molecule has 4 nitrogen and oxygen atoms in total. The molecular weight excluding hydrogens is 427 g/mol. The van der Waals surface area contributed by atoms with Crippen molar-refractivity contribution in [3.8, 4) is 0 Å². The van der Waals surface area contributed by atoms with E-state index in [4.69, 9.17) is 11.6 Å². The number of anilines is 1. The van der Waals surface area contributed by atoms with E-state index in [-0.39, 0.29) is 16.1 Å². The van der Waals surface area contributed by atoms with Gasteiger partial charge in [-0.15, -0.1) is 0 Å². The second kappa shape index (κ2) is 9.09. The first-order chi connectivity index (χ1) is 14.4. The van der Waals surface area contributed by atoms with Gasteiger partial charge in [0.05, 0.1) is 16.3 Å². The molecule has 3 rings (SSSR count). The van der Waals surface area contributed by atoms with Crippen molar-refractivity contribution < 1.29 is 18.0 Å². The molecule has 1 saturated heterocycles. The first-order valence-corrected chi connectivity index (χ1v) is 10.6. The van der Waals surface area contributed by atoms with Gasteiger partial charge in [-0.05, 0) is 34.7 Å². The Morgan fingerprint density at radius 1 is 0.968 bits per heavy atom. The molecule has 2 aromatic rings. The Balaban J connectivity index is 1.54. The van der Waals surface area contributed by atoms with Crippen molar-refractivity contribution in [3.63, 3.8) is 0 Å². The van der Waals surface area contributed by atoms with Crippen LogP contribution in [-0.4, -0.2) is 42.0 Å². The average Bonchev–Trinajstić information content (AvgIpc) is 2.69. The summed E-state index contributed by atoms with van der Waals surface area (Å²) in [4.78, 5) is 16.4. The van der Waals surface area contributed by atoms with Crippen LogP contribution in [0, 0.1) is 0 Å². The number of halogens is 4. The van der Waals surface area contributed by atoms with E-state index in [2.05, 4.69) is 55.3 Å². The summed E-state index contributed by atoms with van der Waals surface area (Å²) in [5.74, 6) is 0. The maximum absolute atomic E-state index is 12.9. The predicted octanol–water partition coefficient (Wildman–Crippen LogP) is 6.01. The lowest BCUT2D eigenvalue weighted by Crippen LogP contribution is -2.49. The van der Waals surface area contributed by atoms with E-state index in [1.807, 2.05) is 0 Å². The molecule has 1 aliphatic rings. The zero-order chi connectivity index (χ0) is 22.8. The molecule has 168 valence electrons. The second-order valence-electron chi connectivity index (χ2n) is 8.83. The first kappa shape index (κ1) is 23.4. The smallest absolute Gasteiger partial charge is 0.322 e. The minimum absolute atomic E-state index is 0.0390. The summed E-state index contributed by atoms with van der Waals surface area (Å²) in [7, 11) is 0. The van der Waals surface area contributed by atoms with Crippen molar-refractivity contribution in [2.24, 2.45) is 0 Å². The van der Waals surface area contributed by atoms with Gasteiger partial charge in [-0.2, -0.15) is 13.2 Å². The normalized spacial score (nSPS) is 15.8. The van der Waals surface area contributed by atoms with E-state index in [1.54, 1.807) is 4.90 Å². The van der Waals surface area contributed by atoms with Crippen LogP contribution in [0.1, 0.15) is 37.5 Å². The summed E-state index contributed by atoms with van der Waals surface area (Å²) in [6.07, 6.45) is -4.50. The van der Waals surface area contributed by atoms with E-state index in [9.17, 15) is 18.0 Å². The highest BCUT2D eigenvalue weighted by atomic mass is 35.5. The largest absolute Gasteiger partial charge is 0.416 e. The highest BCUT2D eigenvalue weighted by Gasteiger charge is 2.31. The number of hydrogen-bond donors (Lipinski definition) is 1. The summed E-state index contributed by atoms with van der Waals surface area (Å²) in [6, 6.07) is 11.0. The zero-order valence-electron chi connectivity index (χ0n) is 17.9. The Morgan fingerprint density at radius 2 is 1.55 bits per heavy atom. The molecule has 1 fully saturated rings. The summed E-state index contributed by atoms with van der Waals surface area (Å²) in [5.41, 5.74) is 1.71. The number of nitrogens with one attached hydrogen (secondary N) is 1. The van der Waals surface area contributed by atoms with Gasteiger partial charge in [0.1, 0.15) is 0 Å². The maximum atomic E-state index is 12.9. The van der Waals surface area contributed by atoms with Crippen molar-refractivity contribution in [2.75, 3.05) is 31.5 Å². The molecule has 2 aromatic carbocycles. The molecule has 0 aromatic heterocycles. The summed E-state index contributed by atoms with van der Waals surface area (Å²) in [5, 5.41) is 2.58. The summed E-state index contributed by atoms with van der Waals surface area (Å²) in [6.45, 7) is 9.68. The third kappa shape index (κ3) is 6.14. The molecule has 0 spiro atoms. The highest BCUT2D eigenvalue weighted by Crippen LogP contribution is 2.34. The minimum atomic E-state index is -4.50. The van der Waals surface area contributed by atoms with Gasteiger partial charge in [-0.3, -0.25) is 4.90 Å². The van der Waals surface area contributed by atoms with E-state index in [0.29, 0.717) is 26.2 Å². The number of carbonyl (C=O) groups is 1. The van der Waals surface area contributed by atoms with Crippen molar-refractivity contribution in [2.45, 2.75) is 38.9 Å². The van der Waals surface area contributed by atoms with Crippen LogP contribution in [0.4, 0.5) is 23.7 Å². The molecule has 0 saturated carbocycles. The number of piperazine rings is 1. The van der Waals surface area contributed by atoms with Gasteiger partial charge in [0.15, 0.2) is 0 Å². The topological polar surface area (TPSA) is 35.6 Å². The van der Waals surface area contributed by atoms with Gasteiger partial charge < -0.3 is 10.2 Å². The van der Waals surface area contributed by atoms with Gasteiger partial charge in [0.25, 0.3) is 0 Å². The first-order valence-electron chi connectivity index (χ1n) is 10.2. The minimum Gasteiger partial charge on any atom is -0.322 e. The number of carbonyl (C=O) groups excluding carboxylic acids is 1. The number of hydrogen-bond acceptors (Lipinski definition) is 2. The van der Waals surface area contributed by atoms with Crippen LogP contribution in [0.2, 0.25) is 5.02 Å². The molecule has 1 aliphatic heterocycles. The molecule has 0 bridgehead atoms. The molecule has 1 heterocycles. The van der Waals surface area contributed by atoms with Crippen LogP contribution in [-0.2, 0) is 18.1 Å². The average molecular weight is 454 g/mol. The lowest BCUT2D eigenvalue weighted by atomic mass is 9.87. The standard InChI is InChI=1S/C23H27ClF3N3O/c1-22(2,3)17-6-4-16(5-7-17)15-29-10-12-30(13-11-29)21(31)28-20-14-18(23(25,26)27)8-9-19(20)24/h4-9,14H,10-13,15H2,1-3H3,(H,28,31). The van der Waals surface area contributed by atoms with Crippen molar-refractivity contribution in [1.29, 1.82) is 0 Å². The van der Waals surface area contributed by atoms with Gasteiger partial charge in [-0.1, -0.05) is 56.6 Å². The van der Waals surface area contributed by atoms with E-state index in [1.165, 1.54) is 11.1 Å². The Labute approximate surface area is 186 Å². The number of amides is 2. The van der Waals surface area contributed by atoms with Crippen LogP contribution >= 0.6 is 11.6 Å². The van der Waals surface area contributed by atoms with Crippen LogP contribution in [0.15, 0.2) is 42.5 Å². The number of urea groups is 1. The molecular formula is C23H27ClF3N3O. The molecule has 2 amide bonds. The second-order valence-corrected chi connectivity index (χ2v) is 9.24. The number of benzene rings is 2. The predicted molar refractivity (Wildman–Crippen MR) is 117 cm³/mol. The fraction of sp³-hybridized carbons (Fsp3) is 0.435. The van der Waals surface area contributed by atoms with Crippen molar-refractivity contribution in [1.82, 2.24) is 9.80 Å². The van der Waals surface area contributed by atoms with Crippen LogP contribution in [0.3, 0.4) is 0 Å². The van der Waals surface area contributed by atoms with Crippen LogP contribution in [0.25, 0.3) is 0 Å². The quantitative estimate of drug-likeness (QED) is 0.618. The number of nitrogens with zero attached hydrogens (tertiary/aromatic N) is 2. The Kier molecular flexibility index (Phi) is 6.86. The summed E-state index contributed by atoms with van der Waals surface area (Å²) < 4.78 is 38.8. The van der Waals surface area contributed by atoms with Gasteiger partial charge in [0.2, 0.25) is 0 Å². The lowest BCUT2D eigenvalue weighted by molar-refractivity contribution is -0.137. The number of rotatable bonds is 3. The fourth-order valence-electron chi connectivity index (χ4n) is 3.47. The van der Waals surface area contributed by atoms with E-state index in [0.717, 1.165) is 24.7 Å². The summed E-state index contributed by atoms with van der Waals surface area (Å²) >= 11 is 5.97. The SMILES string of the molecule is CC(C)(C)c1ccc(CN2CCN(C(=O)Nc3cc(C(F)(F)F)ccc3Cl)CC2)cc1. The molecule has 8 heteroatoms. The molecule has 0 aliphatic carbocycles. The van der Waals surface area contributed by atoms with Crippen molar-refractivity contribution in [3.05, 3.63) is 64.2 Å². The van der Waals surface area contributed by atoms with Crippen molar-refractivity contribution >= 4 is 23.3 Å². The lowest BCUT2D eigenvalue weighted by Gasteiger charge is -2.34. The van der Waals surface area contributed by atoms with Gasteiger partial charge in [0, 0.05) is 32.7 Å². The number of alkyl halides is 3. The van der Waals surface area contributed by atoms with E-state index >= 15 is 0 Å². The zero-order valence-corrected chi connectivity index (χ0v) is 18.6. The van der Waals surface area contributed by atoms with Crippen LogP contribution < -0.4 is 5.32 Å². The Hall–Kier alpha value is -2.25. The monoisotopic (exact) mass is 453 g/mol. The maximum Gasteiger partial charge on any atom is 0.416 e. The Morgan fingerprint density at radius 3 is 2.10 bits per heavy atom. The van der Waals surface area contributed by atoms with Gasteiger partial charge >= 0.3 is 12.2 Å². The third-order valence-electron chi connectivity index (χ3n) is 5.42. The molecule has 0 radical (unpaired) electrons. The molecule has 0 unspecified atom stereocenters. The molecule has 0 atom stereocenters. The third-order valence-corrected chi connectivity index (χ3v) is 5.75. The highest BCUT2D eigenvalue weighted by molar-refractivity contribution is 6.33.